The van der Waals surface area contributed by atoms with Crippen LogP contribution in [0.4, 0.5) is 22.7 Å². The van der Waals surface area contributed by atoms with Crippen molar-refractivity contribution in [1.82, 2.24) is 0 Å². The summed E-state index contributed by atoms with van der Waals surface area (Å²) in [5.74, 6) is -3.46. The lowest BCUT2D eigenvalue weighted by Gasteiger charge is -2.11. The number of aromatic carboxylic acids is 2. The fourth-order valence-electron chi connectivity index (χ4n) is 5.00. The van der Waals surface area contributed by atoms with Gasteiger partial charge in [0.15, 0.2) is 0 Å². The molecule has 0 unspecified atom stereocenters. The molecule has 0 radical (unpaired) electrons. The summed E-state index contributed by atoms with van der Waals surface area (Å²) < 4.78 is 55.5. The minimum Gasteiger partial charge on any atom is -0.478 e. The van der Waals surface area contributed by atoms with Crippen LogP contribution < -0.4 is 20.1 Å². The Morgan fingerprint density at radius 3 is 1.29 bits per heavy atom. The molecule has 14 nitrogen and oxygen atoms in total. The number of rotatable bonds is 12. The summed E-state index contributed by atoms with van der Waals surface area (Å²) in [6.07, 6.45) is 0. The summed E-state index contributed by atoms with van der Waals surface area (Å²) >= 11 is 13.6. The fraction of sp³-hybridized carbons (Fsp3) is 0. The molecule has 59 heavy (non-hydrogen) atoms. The van der Waals surface area contributed by atoms with E-state index in [0.717, 1.165) is 0 Å². The first-order chi connectivity index (χ1) is 27.9. The number of benzene rings is 6. The third-order valence-electron chi connectivity index (χ3n) is 7.91. The maximum absolute atomic E-state index is 12.5. The Hall–Kier alpha value is -5.99. The van der Waals surface area contributed by atoms with Gasteiger partial charge in [0.05, 0.1) is 32.3 Å². The van der Waals surface area contributed by atoms with Crippen molar-refractivity contribution in [2.45, 2.75) is 9.79 Å². The zero-order valence-corrected chi connectivity index (χ0v) is 35.2. The van der Waals surface area contributed by atoms with Gasteiger partial charge in [-0.2, -0.15) is 0 Å². The molecule has 6 aromatic rings. The number of carboxylic acid groups (broad SMARTS) is 2. The van der Waals surface area contributed by atoms with Gasteiger partial charge in [0.1, 0.15) is 0 Å². The minimum absolute atomic E-state index is 0.0325. The average Bonchev–Trinajstić information content (AvgIpc) is 3.20. The third-order valence-corrected chi connectivity index (χ3v) is 11.9. The molecule has 302 valence electrons. The van der Waals surface area contributed by atoms with E-state index in [0.29, 0.717) is 25.0 Å². The molecule has 0 aliphatic heterocycles. The van der Waals surface area contributed by atoms with E-state index in [9.17, 15) is 46.2 Å². The molecule has 0 atom stereocenters. The molecular weight excluding hydrogens is 958 g/mol. The topological polar surface area (TPSA) is 225 Å². The van der Waals surface area contributed by atoms with Crippen molar-refractivity contribution >= 4 is 112 Å². The quantitative estimate of drug-likeness (QED) is 0.0639. The Labute approximate surface area is 361 Å². The fourth-order valence-corrected chi connectivity index (χ4v) is 7.87. The number of para-hydroxylation sites is 1. The molecule has 6 N–H and O–H groups in total. The van der Waals surface area contributed by atoms with Crippen molar-refractivity contribution in [3.8, 4) is 0 Å². The second kappa shape index (κ2) is 19.2. The number of sulfonamides is 2. The number of amides is 2. The van der Waals surface area contributed by atoms with Crippen LogP contribution in [0.2, 0.25) is 10.0 Å². The minimum atomic E-state index is -3.85. The van der Waals surface area contributed by atoms with Crippen molar-refractivity contribution in [3.63, 3.8) is 0 Å². The highest BCUT2D eigenvalue weighted by Gasteiger charge is 2.19. The Morgan fingerprint density at radius 1 is 0.492 bits per heavy atom. The second-order valence-electron chi connectivity index (χ2n) is 12.0. The Bertz CT molecular complexity index is 2760. The molecule has 0 saturated carbocycles. The van der Waals surface area contributed by atoms with E-state index < -0.39 is 43.8 Å². The zero-order chi connectivity index (χ0) is 42.9. The van der Waals surface area contributed by atoms with Crippen molar-refractivity contribution in [2.75, 3.05) is 20.1 Å². The van der Waals surface area contributed by atoms with Crippen LogP contribution in [0, 0.1) is 3.57 Å². The lowest BCUT2D eigenvalue weighted by atomic mass is 10.1. The Balaban J connectivity index is 0.000000224. The van der Waals surface area contributed by atoms with E-state index >= 15 is 0 Å². The molecule has 0 fully saturated rings. The molecular formula is C40H29Cl2IN4O10S2. The van der Waals surface area contributed by atoms with E-state index in [2.05, 4.69) is 20.1 Å². The molecule has 0 aliphatic rings. The number of carbonyl (C=O) groups excluding carboxylic acids is 2. The number of anilines is 4. The highest BCUT2D eigenvalue weighted by molar-refractivity contribution is 14.1. The summed E-state index contributed by atoms with van der Waals surface area (Å²) in [7, 11) is -7.70. The van der Waals surface area contributed by atoms with Crippen LogP contribution in [-0.2, 0) is 20.0 Å². The van der Waals surface area contributed by atoms with Gasteiger partial charge in [-0.15, -0.1) is 0 Å². The average molecular weight is 988 g/mol. The molecule has 2 amide bonds. The molecule has 0 saturated heterocycles. The van der Waals surface area contributed by atoms with Crippen molar-refractivity contribution in [3.05, 3.63) is 175 Å². The largest absolute Gasteiger partial charge is 0.478 e. The van der Waals surface area contributed by atoms with E-state index in [1.807, 2.05) is 22.6 Å². The molecule has 0 aromatic heterocycles. The van der Waals surface area contributed by atoms with Gasteiger partial charge in [-0.05, 0) is 150 Å². The molecule has 6 rings (SSSR count). The van der Waals surface area contributed by atoms with Crippen LogP contribution in [0.5, 0.6) is 0 Å². The van der Waals surface area contributed by atoms with Gasteiger partial charge in [-0.25, -0.2) is 26.4 Å². The molecule has 0 bridgehead atoms. The Kier molecular flexibility index (Phi) is 14.3. The first-order valence-electron chi connectivity index (χ1n) is 16.7. The summed E-state index contributed by atoms with van der Waals surface area (Å²) in [6.45, 7) is 0. The summed E-state index contributed by atoms with van der Waals surface area (Å²) in [6, 6.07) is 33.5. The summed E-state index contributed by atoms with van der Waals surface area (Å²) in [5.41, 5.74) is 1.25. The van der Waals surface area contributed by atoms with Crippen LogP contribution in [-0.4, -0.2) is 50.8 Å². The first kappa shape index (κ1) is 44.1. The monoisotopic (exact) mass is 986 g/mol. The lowest BCUT2D eigenvalue weighted by molar-refractivity contribution is 0.0687. The number of hydrogen-bond donors (Lipinski definition) is 6. The van der Waals surface area contributed by atoms with E-state index in [-0.39, 0.29) is 43.4 Å². The highest BCUT2D eigenvalue weighted by atomic mass is 127. The van der Waals surface area contributed by atoms with E-state index in [1.54, 1.807) is 42.5 Å². The van der Waals surface area contributed by atoms with Gasteiger partial charge in [0, 0.05) is 36.1 Å². The van der Waals surface area contributed by atoms with Gasteiger partial charge in [0.25, 0.3) is 31.9 Å². The maximum Gasteiger partial charge on any atom is 0.337 e. The highest BCUT2D eigenvalue weighted by Crippen LogP contribution is 2.23. The van der Waals surface area contributed by atoms with Gasteiger partial charge in [-0.1, -0.05) is 35.3 Å². The number of hydrogen-bond acceptors (Lipinski definition) is 8. The van der Waals surface area contributed by atoms with E-state index in [4.69, 9.17) is 23.2 Å². The van der Waals surface area contributed by atoms with Crippen LogP contribution in [0.15, 0.2) is 149 Å². The summed E-state index contributed by atoms with van der Waals surface area (Å²) in [5, 5.41) is 24.5. The maximum atomic E-state index is 12.5. The number of carbonyl (C=O) groups is 4. The predicted octanol–water partition coefficient (Wildman–Crippen LogP) is 8.79. The van der Waals surface area contributed by atoms with Crippen molar-refractivity contribution in [1.29, 1.82) is 0 Å². The summed E-state index contributed by atoms with van der Waals surface area (Å²) in [4.78, 5) is 47.4. The number of carboxylic acids is 2. The van der Waals surface area contributed by atoms with Gasteiger partial charge >= 0.3 is 11.9 Å². The normalized spacial score (nSPS) is 11.0. The molecule has 19 heteroatoms. The van der Waals surface area contributed by atoms with Gasteiger partial charge in [-0.3, -0.25) is 19.0 Å². The van der Waals surface area contributed by atoms with Crippen LogP contribution >= 0.6 is 45.8 Å². The zero-order valence-electron chi connectivity index (χ0n) is 29.9. The third kappa shape index (κ3) is 12.0. The number of nitrogens with one attached hydrogen (secondary N) is 4. The standard InChI is InChI=1S/C20H14ClIN2O5S.C20H15ClN2O5S/c21-13-3-6-15(7-4-13)24-30(28,29)16-8-1-12(2-9-16)19(25)23-18-10-5-14(22)11-17(18)20(26)27;21-14-7-9-15(10-8-14)23-29(27,28)16-11-5-13(6-12-16)19(24)22-18-4-2-1-3-17(18)20(25)26/h1-11,24H,(H,23,25)(H,26,27);1-12,23H,(H,22,24)(H,25,26). The Morgan fingerprint density at radius 2 is 0.881 bits per heavy atom. The van der Waals surface area contributed by atoms with Crippen LogP contribution in [0.3, 0.4) is 0 Å². The van der Waals surface area contributed by atoms with Crippen LogP contribution in [0.25, 0.3) is 0 Å². The first-order valence-corrected chi connectivity index (χ1v) is 21.5. The van der Waals surface area contributed by atoms with Crippen molar-refractivity contribution < 1.29 is 46.2 Å². The van der Waals surface area contributed by atoms with Crippen LogP contribution in [0.1, 0.15) is 41.4 Å². The number of halogens is 3. The van der Waals surface area contributed by atoms with Crippen molar-refractivity contribution in [2.24, 2.45) is 0 Å². The van der Waals surface area contributed by atoms with Gasteiger partial charge < -0.3 is 20.8 Å². The van der Waals surface area contributed by atoms with Gasteiger partial charge in [0.2, 0.25) is 0 Å². The lowest BCUT2D eigenvalue weighted by Crippen LogP contribution is -2.16. The SMILES string of the molecule is O=C(Nc1ccc(I)cc1C(=O)O)c1ccc(S(=O)(=O)Nc2ccc(Cl)cc2)cc1.O=C(Nc1ccccc1C(=O)O)c1ccc(S(=O)(=O)Nc2ccc(Cl)cc2)cc1. The second-order valence-corrected chi connectivity index (χ2v) is 17.5. The molecule has 0 spiro atoms. The predicted molar refractivity (Wildman–Crippen MR) is 233 cm³/mol. The molecule has 0 heterocycles. The molecule has 0 aliphatic carbocycles. The smallest absolute Gasteiger partial charge is 0.337 e. The molecule has 6 aromatic carbocycles. The van der Waals surface area contributed by atoms with E-state index in [1.165, 1.54) is 97.1 Å².